The predicted molar refractivity (Wildman–Crippen MR) is 151 cm³/mol. The van der Waals surface area contributed by atoms with Crippen molar-refractivity contribution in [3.05, 3.63) is 0 Å². The van der Waals surface area contributed by atoms with Crippen LogP contribution in [-0.4, -0.2) is 65.9 Å². The predicted octanol–water partition coefficient (Wildman–Crippen LogP) is 6.09. The van der Waals surface area contributed by atoms with Crippen molar-refractivity contribution in [1.29, 1.82) is 0 Å². The minimum absolute atomic E-state index is 0.0176. The molecule has 214 valence electrons. The molecule has 6 rings (SSSR count). The highest BCUT2D eigenvalue weighted by atomic mass is 16.5. The van der Waals surface area contributed by atoms with E-state index >= 15 is 0 Å². The number of fused-ring (bicyclic) bond motifs is 5. The molecule has 0 spiro atoms. The molecule has 0 aromatic rings. The number of hydrogen-bond acceptors (Lipinski definition) is 5. The molecule has 4 aliphatic carbocycles. The fraction of sp³-hybridized carbons (Fsp3) is 0.939. The zero-order valence-electron chi connectivity index (χ0n) is 24.8. The van der Waals surface area contributed by atoms with Gasteiger partial charge in [-0.2, -0.15) is 0 Å². The lowest BCUT2D eigenvalue weighted by Crippen LogP contribution is -2.61. The Morgan fingerprint density at radius 2 is 1.53 bits per heavy atom. The smallest absolute Gasteiger partial charge is 0.308 e. The first-order chi connectivity index (χ1) is 18.2. The zero-order valence-corrected chi connectivity index (χ0v) is 24.8. The van der Waals surface area contributed by atoms with Gasteiger partial charge in [0.15, 0.2) is 5.78 Å². The van der Waals surface area contributed by atoms with Gasteiger partial charge in [-0.25, -0.2) is 0 Å². The van der Waals surface area contributed by atoms with Crippen molar-refractivity contribution in [2.45, 2.75) is 129 Å². The molecule has 0 aromatic carbocycles. The second-order valence-electron chi connectivity index (χ2n) is 15.1. The van der Waals surface area contributed by atoms with E-state index < -0.39 is 0 Å². The first-order valence-corrected chi connectivity index (χ1v) is 16.5. The summed E-state index contributed by atoms with van der Waals surface area (Å²) in [6.45, 7) is 13.5. The molecule has 9 atom stereocenters. The maximum Gasteiger partial charge on any atom is 0.308 e. The lowest BCUT2D eigenvalue weighted by molar-refractivity contribution is -0.178. The quantitative estimate of drug-likeness (QED) is 0.415. The molecule has 0 amide bonds. The summed E-state index contributed by atoms with van der Waals surface area (Å²) in [4.78, 5) is 32.0. The number of rotatable bonds is 4. The van der Waals surface area contributed by atoms with Gasteiger partial charge in [-0.3, -0.25) is 19.4 Å². The van der Waals surface area contributed by atoms with Crippen LogP contribution in [0.5, 0.6) is 0 Å². The first-order valence-electron chi connectivity index (χ1n) is 16.5. The Bertz CT molecular complexity index is 893. The maximum absolute atomic E-state index is 14.0. The van der Waals surface area contributed by atoms with Gasteiger partial charge >= 0.3 is 5.97 Å². The average Bonchev–Trinajstić information content (AvgIpc) is 3.20. The number of esters is 1. The molecule has 0 aromatic heterocycles. The van der Waals surface area contributed by atoms with Gasteiger partial charge in [-0.15, -0.1) is 0 Å². The van der Waals surface area contributed by atoms with Gasteiger partial charge in [0.05, 0.1) is 12.0 Å². The van der Waals surface area contributed by atoms with Gasteiger partial charge in [0.25, 0.3) is 0 Å². The summed E-state index contributed by atoms with van der Waals surface area (Å²) < 4.78 is 6.30. The highest BCUT2D eigenvalue weighted by Gasteiger charge is 2.64. The minimum Gasteiger partial charge on any atom is -0.460 e. The number of nitrogens with zero attached hydrogens (tertiary/aromatic N) is 2. The third-order valence-corrected chi connectivity index (χ3v) is 12.8. The van der Waals surface area contributed by atoms with Crippen LogP contribution >= 0.6 is 0 Å². The monoisotopic (exact) mass is 526 g/mol. The Morgan fingerprint density at radius 1 is 0.868 bits per heavy atom. The number of carbonyl (C=O) groups excluding carboxylic acids is 2. The minimum atomic E-state index is -0.108. The number of piperidine rings is 2. The summed E-state index contributed by atoms with van der Waals surface area (Å²) in [5.74, 6) is 3.09. The Labute approximate surface area is 231 Å². The standard InChI is InChI=1S/C33H54N2O3/c1-22(2)31(37)38-29-19-23-11-12-24-25(33(23,4)21-28(29)35-17-9-6-10-18-35)13-14-32(3)26(24)20-27(30(32)36)34-15-7-5-8-16-34/h22-29H,5-21H2,1-4H3/t23-,24+,25-,26-,27-,28-,29-,32-,33-/m0/s1. The number of ether oxygens (including phenoxy) is 1. The molecule has 4 saturated carbocycles. The van der Waals surface area contributed by atoms with Crippen molar-refractivity contribution >= 4 is 11.8 Å². The van der Waals surface area contributed by atoms with Crippen LogP contribution in [0.25, 0.3) is 0 Å². The topological polar surface area (TPSA) is 49.9 Å². The van der Waals surface area contributed by atoms with E-state index in [1.54, 1.807) is 0 Å². The molecule has 0 radical (unpaired) electrons. The van der Waals surface area contributed by atoms with Crippen molar-refractivity contribution < 1.29 is 14.3 Å². The van der Waals surface area contributed by atoms with Crippen LogP contribution in [0.1, 0.15) is 111 Å². The molecule has 0 N–H and O–H groups in total. The van der Waals surface area contributed by atoms with Crippen LogP contribution in [0.3, 0.4) is 0 Å². The molecule has 2 aliphatic heterocycles. The summed E-state index contributed by atoms with van der Waals surface area (Å²) in [7, 11) is 0. The third kappa shape index (κ3) is 4.50. The van der Waals surface area contributed by atoms with Gasteiger partial charge in [0.2, 0.25) is 0 Å². The molecule has 0 unspecified atom stereocenters. The Balaban J connectivity index is 1.25. The van der Waals surface area contributed by atoms with Crippen LogP contribution in [0.15, 0.2) is 0 Å². The van der Waals surface area contributed by atoms with Gasteiger partial charge in [-0.05, 0) is 126 Å². The van der Waals surface area contributed by atoms with Crippen molar-refractivity contribution in [3.63, 3.8) is 0 Å². The fourth-order valence-electron chi connectivity index (χ4n) is 10.6. The van der Waals surface area contributed by atoms with E-state index in [1.807, 2.05) is 13.8 Å². The van der Waals surface area contributed by atoms with Crippen molar-refractivity contribution in [2.24, 2.45) is 40.4 Å². The van der Waals surface area contributed by atoms with E-state index in [0.29, 0.717) is 40.9 Å². The van der Waals surface area contributed by atoms with Crippen LogP contribution in [0.2, 0.25) is 0 Å². The SMILES string of the molecule is CC(C)C(=O)O[C@H]1C[C@@H]2CC[C@@H]3[C@H](CC[C@]4(C)C(=O)[C@@H](N5CCCCC5)C[C@@H]34)[C@@]2(C)C[C@@H]1N1CCCCC1. The fourth-order valence-corrected chi connectivity index (χ4v) is 10.6. The van der Waals surface area contributed by atoms with E-state index in [-0.39, 0.29) is 29.4 Å². The van der Waals surface area contributed by atoms with Crippen LogP contribution in [0.4, 0.5) is 0 Å². The number of carbonyl (C=O) groups is 2. The normalized spacial score (nSPS) is 46.3. The number of hydrogen-bond donors (Lipinski definition) is 0. The average molecular weight is 527 g/mol. The third-order valence-electron chi connectivity index (χ3n) is 12.8. The molecule has 6 fully saturated rings. The molecule has 2 saturated heterocycles. The largest absolute Gasteiger partial charge is 0.460 e. The van der Waals surface area contributed by atoms with Crippen molar-refractivity contribution in [2.75, 3.05) is 26.2 Å². The van der Waals surface area contributed by atoms with Crippen molar-refractivity contribution in [1.82, 2.24) is 9.80 Å². The molecular weight excluding hydrogens is 472 g/mol. The lowest BCUT2D eigenvalue weighted by atomic mass is 9.44. The second-order valence-corrected chi connectivity index (χ2v) is 15.1. The molecule has 5 heteroatoms. The van der Waals surface area contributed by atoms with E-state index in [9.17, 15) is 9.59 Å². The molecule has 38 heavy (non-hydrogen) atoms. The molecule has 6 aliphatic rings. The zero-order chi connectivity index (χ0) is 26.7. The van der Waals surface area contributed by atoms with Crippen LogP contribution < -0.4 is 0 Å². The van der Waals surface area contributed by atoms with Gasteiger partial charge < -0.3 is 4.74 Å². The summed E-state index contributed by atoms with van der Waals surface area (Å²) >= 11 is 0. The van der Waals surface area contributed by atoms with Gasteiger partial charge in [0, 0.05) is 11.5 Å². The maximum atomic E-state index is 14.0. The molecule has 2 heterocycles. The molecule has 0 bridgehead atoms. The molecular formula is C33H54N2O3. The highest BCUT2D eigenvalue weighted by Crippen LogP contribution is 2.66. The summed E-state index contributed by atoms with van der Waals surface area (Å²) in [5.41, 5.74) is 0.183. The number of likely N-dealkylation sites (tertiary alicyclic amines) is 2. The number of Topliss-reactive ketones (excluding diaryl/α,β-unsaturated/α-hetero) is 1. The summed E-state index contributed by atoms with van der Waals surface area (Å²) in [6.07, 6.45) is 15.9. The van der Waals surface area contributed by atoms with Gasteiger partial charge in [0.1, 0.15) is 6.10 Å². The van der Waals surface area contributed by atoms with E-state index in [4.69, 9.17) is 4.74 Å². The Kier molecular flexibility index (Phi) is 7.51. The van der Waals surface area contributed by atoms with Crippen molar-refractivity contribution in [3.8, 4) is 0 Å². The summed E-state index contributed by atoms with van der Waals surface area (Å²) in [5, 5.41) is 0. The molecule has 5 nitrogen and oxygen atoms in total. The lowest BCUT2D eigenvalue weighted by Gasteiger charge is -2.62. The van der Waals surface area contributed by atoms with E-state index in [1.165, 1.54) is 64.2 Å². The van der Waals surface area contributed by atoms with Gasteiger partial charge in [-0.1, -0.05) is 40.5 Å². The second kappa shape index (κ2) is 10.5. The van der Waals surface area contributed by atoms with Crippen LogP contribution in [-0.2, 0) is 14.3 Å². The first kappa shape index (κ1) is 27.2. The Morgan fingerprint density at radius 3 is 2.18 bits per heavy atom. The highest BCUT2D eigenvalue weighted by molar-refractivity contribution is 5.92. The number of ketones is 1. The Hall–Kier alpha value is -0.940. The van der Waals surface area contributed by atoms with E-state index in [2.05, 4.69) is 23.6 Å². The van der Waals surface area contributed by atoms with Crippen LogP contribution in [0, 0.1) is 40.4 Å². The summed E-state index contributed by atoms with van der Waals surface area (Å²) in [6, 6.07) is 0.541. The van der Waals surface area contributed by atoms with E-state index in [0.717, 1.165) is 45.4 Å².